The zero-order valence-corrected chi connectivity index (χ0v) is 20.7. The molecular weight excluding hydrogens is 442 g/mol. The van der Waals surface area contributed by atoms with Gasteiger partial charge in [0.25, 0.3) is 0 Å². The van der Waals surface area contributed by atoms with Crippen LogP contribution in [0.1, 0.15) is 42.1 Å². The van der Waals surface area contributed by atoms with Crippen molar-refractivity contribution >= 4 is 10.1 Å². The maximum Gasteiger partial charge on any atom is 0.306 e. The molecule has 0 aliphatic heterocycles. The summed E-state index contributed by atoms with van der Waals surface area (Å²) in [5.41, 5.74) is 3.12. The molecule has 33 heavy (non-hydrogen) atoms. The van der Waals surface area contributed by atoms with Gasteiger partial charge in [-0.25, -0.2) is 0 Å². The monoisotopic (exact) mass is 477 g/mol. The summed E-state index contributed by atoms with van der Waals surface area (Å²) in [7, 11) is 1.80. The van der Waals surface area contributed by atoms with Crippen molar-refractivity contribution in [3.63, 3.8) is 0 Å². The van der Waals surface area contributed by atoms with Crippen LogP contribution >= 0.6 is 0 Å². The molecule has 0 saturated heterocycles. The lowest BCUT2D eigenvalue weighted by atomic mass is 9.79. The Hall–Kier alpha value is -2.29. The zero-order chi connectivity index (χ0) is 24.0. The molecule has 0 fully saturated rings. The molecule has 1 aliphatic rings. The number of fused-ring (bicyclic) bond motifs is 1. The Kier molecular flexibility index (Phi) is 8.62. The Morgan fingerprint density at radius 1 is 1.09 bits per heavy atom. The third-order valence-electron chi connectivity index (χ3n) is 6.24. The molecule has 3 rings (SSSR count). The van der Waals surface area contributed by atoms with Crippen LogP contribution in [0, 0.1) is 5.92 Å². The van der Waals surface area contributed by atoms with Crippen molar-refractivity contribution in [3.05, 3.63) is 53.1 Å². The Morgan fingerprint density at radius 2 is 1.82 bits per heavy atom. The second-order valence-corrected chi connectivity index (χ2v) is 10.4. The number of nitrogens with zero attached hydrogens (tertiary/aromatic N) is 1. The number of methoxy groups -OCH3 is 2. The molecule has 8 heteroatoms. The van der Waals surface area contributed by atoms with Crippen LogP contribution in [0.5, 0.6) is 17.2 Å². The van der Waals surface area contributed by atoms with E-state index in [4.69, 9.17) is 13.7 Å². The molecule has 2 atom stereocenters. The van der Waals surface area contributed by atoms with Crippen LogP contribution in [0.15, 0.2) is 36.4 Å². The highest BCUT2D eigenvalue weighted by molar-refractivity contribution is 7.86. The molecule has 0 saturated carbocycles. The molecule has 0 aromatic heterocycles. The smallest absolute Gasteiger partial charge is 0.306 e. The van der Waals surface area contributed by atoms with Crippen LogP contribution in [0.3, 0.4) is 0 Å². The van der Waals surface area contributed by atoms with Crippen molar-refractivity contribution in [1.29, 1.82) is 0 Å². The molecule has 2 aromatic carbocycles. The Labute approximate surface area is 197 Å². The number of aliphatic hydroxyl groups excluding tert-OH is 1. The van der Waals surface area contributed by atoms with Gasteiger partial charge in [0, 0.05) is 6.54 Å². The Bertz CT molecular complexity index is 1040. The summed E-state index contributed by atoms with van der Waals surface area (Å²) in [5.74, 6) is 1.94. The predicted molar refractivity (Wildman–Crippen MR) is 129 cm³/mol. The van der Waals surface area contributed by atoms with Crippen LogP contribution in [-0.2, 0) is 23.0 Å². The first kappa shape index (κ1) is 25.3. The average molecular weight is 478 g/mol. The van der Waals surface area contributed by atoms with Crippen molar-refractivity contribution in [3.8, 4) is 17.2 Å². The summed E-state index contributed by atoms with van der Waals surface area (Å²) in [5, 5.41) is 11.0. The standard InChI is InChI=1S/C25H35NO6S/c1-26(14-12-18-7-5-9-21(15-18)32-33(4,28)29)13-6-8-19-10-11-20-16-23(30-2)24(31-3)17-22(20)25(19)27/h5,7,9,15-17,19,25,27H,6,8,10-14H2,1-4H3. The van der Waals surface area contributed by atoms with Gasteiger partial charge in [0.1, 0.15) is 5.75 Å². The van der Waals surface area contributed by atoms with E-state index in [0.29, 0.717) is 17.2 Å². The summed E-state index contributed by atoms with van der Waals surface area (Å²) in [6.07, 6.45) is 5.20. The van der Waals surface area contributed by atoms with Crippen LogP contribution < -0.4 is 13.7 Å². The molecule has 2 unspecified atom stereocenters. The van der Waals surface area contributed by atoms with E-state index < -0.39 is 16.2 Å². The van der Waals surface area contributed by atoms with E-state index in [9.17, 15) is 13.5 Å². The summed E-state index contributed by atoms with van der Waals surface area (Å²) >= 11 is 0. The molecular formula is C25H35NO6S. The molecule has 1 aliphatic carbocycles. The van der Waals surface area contributed by atoms with Gasteiger partial charge in [0.15, 0.2) is 11.5 Å². The fraction of sp³-hybridized carbons (Fsp3) is 0.520. The molecule has 0 heterocycles. The highest BCUT2D eigenvalue weighted by atomic mass is 32.2. The first-order valence-corrected chi connectivity index (χ1v) is 13.1. The number of hydrogen-bond acceptors (Lipinski definition) is 7. The van der Waals surface area contributed by atoms with Crippen LogP contribution in [0.4, 0.5) is 0 Å². The highest BCUT2D eigenvalue weighted by Gasteiger charge is 2.29. The molecule has 0 amide bonds. The number of aryl methyl sites for hydroxylation is 1. The minimum atomic E-state index is -3.52. The zero-order valence-electron chi connectivity index (χ0n) is 19.9. The lowest BCUT2D eigenvalue weighted by Gasteiger charge is -2.31. The summed E-state index contributed by atoms with van der Waals surface area (Å²) in [4.78, 5) is 2.27. The van der Waals surface area contributed by atoms with E-state index >= 15 is 0 Å². The van der Waals surface area contributed by atoms with Gasteiger partial charge in [0.05, 0.1) is 26.6 Å². The SMILES string of the molecule is COc1cc2c(cc1OC)C(O)C(CCCN(C)CCc1cccc(OS(C)(=O)=O)c1)CC2. The van der Waals surface area contributed by atoms with Gasteiger partial charge >= 0.3 is 10.1 Å². The second-order valence-electron chi connectivity index (χ2n) is 8.78. The topological polar surface area (TPSA) is 85.3 Å². The number of ether oxygens (including phenoxy) is 2. The van der Waals surface area contributed by atoms with Crippen molar-refractivity contribution in [2.24, 2.45) is 5.92 Å². The number of hydrogen-bond donors (Lipinski definition) is 1. The van der Waals surface area contributed by atoms with Crippen molar-refractivity contribution in [2.45, 2.75) is 38.2 Å². The summed E-state index contributed by atoms with van der Waals surface area (Å²) in [6, 6.07) is 11.1. The number of likely N-dealkylation sites (N-methyl/N-ethyl adjacent to an activating group) is 1. The molecule has 1 N–H and O–H groups in total. The van der Waals surface area contributed by atoms with Crippen molar-refractivity contribution in [1.82, 2.24) is 4.90 Å². The predicted octanol–water partition coefficient (Wildman–Crippen LogP) is 3.59. The van der Waals surface area contributed by atoms with Gasteiger partial charge < -0.3 is 23.7 Å². The lowest BCUT2D eigenvalue weighted by molar-refractivity contribution is 0.0851. The van der Waals surface area contributed by atoms with E-state index in [2.05, 4.69) is 11.9 Å². The van der Waals surface area contributed by atoms with E-state index in [1.165, 1.54) is 0 Å². The quantitative estimate of drug-likeness (QED) is 0.495. The number of aliphatic hydroxyl groups is 1. The van der Waals surface area contributed by atoms with Gasteiger partial charge in [-0.3, -0.25) is 0 Å². The molecule has 0 spiro atoms. The first-order chi connectivity index (χ1) is 15.7. The second kappa shape index (κ2) is 11.2. The van der Waals surface area contributed by atoms with Crippen molar-refractivity contribution < 1.29 is 27.2 Å². The Balaban J connectivity index is 1.47. The van der Waals surface area contributed by atoms with Gasteiger partial charge in [0.2, 0.25) is 0 Å². The van der Waals surface area contributed by atoms with E-state index in [0.717, 1.165) is 68.1 Å². The van der Waals surface area contributed by atoms with Gasteiger partial charge in [-0.05, 0) is 92.6 Å². The summed E-state index contributed by atoms with van der Waals surface area (Å²) in [6.45, 7) is 1.79. The van der Waals surface area contributed by atoms with Crippen molar-refractivity contribution in [2.75, 3.05) is 40.6 Å². The number of rotatable bonds is 11. The fourth-order valence-electron chi connectivity index (χ4n) is 4.47. The van der Waals surface area contributed by atoms with Crippen LogP contribution in [0.25, 0.3) is 0 Å². The third-order valence-corrected chi connectivity index (χ3v) is 6.73. The number of benzene rings is 2. The molecule has 182 valence electrons. The molecule has 7 nitrogen and oxygen atoms in total. The van der Waals surface area contributed by atoms with E-state index in [1.54, 1.807) is 26.4 Å². The molecule has 0 radical (unpaired) electrons. The minimum absolute atomic E-state index is 0.230. The highest BCUT2D eigenvalue weighted by Crippen LogP contribution is 2.42. The summed E-state index contributed by atoms with van der Waals surface area (Å²) < 4.78 is 38.4. The fourth-order valence-corrected chi connectivity index (χ4v) is 4.92. The molecule has 2 aromatic rings. The van der Waals surface area contributed by atoms with Gasteiger partial charge in [-0.15, -0.1) is 0 Å². The van der Waals surface area contributed by atoms with Crippen LogP contribution in [-0.4, -0.2) is 59.0 Å². The third kappa shape index (κ3) is 7.09. The van der Waals surface area contributed by atoms with E-state index in [1.807, 2.05) is 24.3 Å². The minimum Gasteiger partial charge on any atom is -0.493 e. The average Bonchev–Trinajstić information content (AvgIpc) is 2.77. The van der Waals surface area contributed by atoms with Gasteiger partial charge in [-0.1, -0.05) is 12.1 Å². The maximum atomic E-state index is 11.3. The normalized spacial score (nSPS) is 18.1. The van der Waals surface area contributed by atoms with Gasteiger partial charge in [-0.2, -0.15) is 8.42 Å². The first-order valence-electron chi connectivity index (χ1n) is 11.3. The Morgan fingerprint density at radius 3 is 2.52 bits per heavy atom. The lowest BCUT2D eigenvalue weighted by Crippen LogP contribution is -2.25. The molecule has 0 bridgehead atoms. The maximum absolute atomic E-state index is 11.3. The van der Waals surface area contributed by atoms with Crippen LogP contribution in [0.2, 0.25) is 0 Å². The van der Waals surface area contributed by atoms with E-state index in [-0.39, 0.29) is 5.92 Å². The largest absolute Gasteiger partial charge is 0.493 e.